The molecule has 1 unspecified atom stereocenters. The number of benzene rings is 1. The monoisotopic (exact) mass is 387 g/mol. The Morgan fingerprint density at radius 1 is 1.11 bits per heavy atom. The lowest BCUT2D eigenvalue weighted by Gasteiger charge is -2.33. The fourth-order valence-electron chi connectivity index (χ4n) is 3.72. The molecule has 0 bridgehead atoms. The van der Waals surface area contributed by atoms with Crippen LogP contribution in [-0.4, -0.2) is 60.3 Å². The summed E-state index contributed by atoms with van der Waals surface area (Å²) < 4.78 is 5.41. The van der Waals surface area contributed by atoms with Gasteiger partial charge in [-0.1, -0.05) is 23.7 Å². The molecule has 1 aromatic carbocycles. The fourth-order valence-corrected chi connectivity index (χ4v) is 3.84. The lowest BCUT2D eigenvalue weighted by atomic mass is 10.0. The number of nitrogens with zero attached hydrogens (tertiary/aromatic N) is 4. The molecular weight excluding hydrogens is 362 g/mol. The van der Waals surface area contributed by atoms with Gasteiger partial charge in [-0.05, 0) is 43.1 Å². The molecule has 6 nitrogen and oxygen atoms in total. The molecule has 0 aliphatic carbocycles. The van der Waals surface area contributed by atoms with Crippen LogP contribution in [0.1, 0.15) is 18.4 Å². The van der Waals surface area contributed by atoms with Gasteiger partial charge >= 0.3 is 0 Å². The van der Waals surface area contributed by atoms with Crippen LogP contribution in [-0.2, 0) is 11.3 Å². The Labute approximate surface area is 165 Å². The van der Waals surface area contributed by atoms with Crippen LogP contribution in [0.5, 0.6) is 0 Å². The third-order valence-corrected chi connectivity index (χ3v) is 5.37. The number of morpholine rings is 1. The van der Waals surface area contributed by atoms with Gasteiger partial charge in [-0.15, -0.1) is 0 Å². The number of likely N-dealkylation sites (tertiary alicyclic amines) is 1. The molecule has 27 heavy (non-hydrogen) atoms. The van der Waals surface area contributed by atoms with Crippen molar-refractivity contribution in [3.05, 3.63) is 47.1 Å². The molecule has 2 aliphatic rings. The third-order valence-electron chi connectivity index (χ3n) is 5.11. The fraction of sp³-hybridized carbons (Fsp3) is 0.500. The number of nitrogens with one attached hydrogen (secondary N) is 1. The Balaban J connectivity index is 1.35. The van der Waals surface area contributed by atoms with E-state index in [-0.39, 0.29) is 0 Å². The van der Waals surface area contributed by atoms with E-state index in [2.05, 4.69) is 32.2 Å². The van der Waals surface area contributed by atoms with Gasteiger partial charge in [0.05, 0.1) is 13.2 Å². The van der Waals surface area contributed by atoms with Crippen LogP contribution in [0, 0.1) is 0 Å². The number of anilines is 2. The molecular formula is C20H26ClN5O. The van der Waals surface area contributed by atoms with Crippen molar-refractivity contribution >= 4 is 23.4 Å². The van der Waals surface area contributed by atoms with Crippen LogP contribution < -0.4 is 10.2 Å². The summed E-state index contributed by atoms with van der Waals surface area (Å²) in [6.07, 6.45) is 4.19. The number of piperidine rings is 1. The first-order chi connectivity index (χ1) is 13.3. The summed E-state index contributed by atoms with van der Waals surface area (Å²) in [5.41, 5.74) is 1.30. The Bertz CT molecular complexity index is 735. The van der Waals surface area contributed by atoms with Crippen molar-refractivity contribution in [3.8, 4) is 0 Å². The minimum absolute atomic E-state index is 0.401. The highest BCUT2D eigenvalue weighted by Crippen LogP contribution is 2.19. The highest BCUT2D eigenvalue weighted by atomic mass is 35.5. The second kappa shape index (κ2) is 8.87. The van der Waals surface area contributed by atoms with E-state index in [1.807, 2.05) is 24.4 Å². The molecule has 0 saturated carbocycles. The van der Waals surface area contributed by atoms with Crippen LogP contribution in [0.4, 0.5) is 11.8 Å². The van der Waals surface area contributed by atoms with E-state index >= 15 is 0 Å². The first-order valence-electron chi connectivity index (χ1n) is 9.65. The lowest BCUT2D eigenvalue weighted by molar-refractivity contribution is 0.122. The van der Waals surface area contributed by atoms with Gasteiger partial charge in [0.2, 0.25) is 5.95 Å². The quantitative estimate of drug-likeness (QED) is 0.851. The lowest BCUT2D eigenvalue weighted by Crippen LogP contribution is -2.42. The van der Waals surface area contributed by atoms with E-state index in [1.54, 1.807) is 0 Å². The summed E-state index contributed by atoms with van der Waals surface area (Å²) >= 11 is 5.99. The van der Waals surface area contributed by atoms with Gasteiger partial charge in [-0.25, -0.2) is 4.98 Å². The largest absolute Gasteiger partial charge is 0.378 e. The average Bonchev–Trinajstić information content (AvgIpc) is 2.71. The van der Waals surface area contributed by atoms with Gasteiger partial charge in [-0.3, -0.25) is 4.90 Å². The predicted octanol–water partition coefficient (Wildman–Crippen LogP) is 3.04. The van der Waals surface area contributed by atoms with E-state index in [9.17, 15) is 0 Å². The summed E-state index contributed by atoms with van der Waals surface area (Å²) in [5, 5.41) is 4.40. The molecule has 2 saturated heterocycles. The van der Waals surface area contributed by atoms with Crippen LogP contribution in [0.25, 0.3) is 0 Å². The third kappa shape index (κ3) is 5.09. The number of halogens is 1. The molecule has 2 aliphatic heterocycles. The van der Waals surface area contributed by atoms with Crippen LogP contribution >= 0.6 is 11.6 Å². The van der Waals surface area contributed by atoms with E-state index in [0.29, 0.717) is 6.04 Å². The maximum Gasteiger partial charge on any atom is 0.227 e. The number of rotatable bonds is 5. The summed E-state index contributed by atoms with van der Waals surface area (Å²) in [6.45, 7) is 6.28. The van der Waals surface area contributed by atoms with Crippen molar-refractivity contribution in [3.63, 3.8) is 0 Å². The molecule has 1 aromatic heterocycles. The second-order valence-electron chi connectivity index (χ2n) is 7.19. The SMILES string of the molecule is Clc1ccc(CN2CCCC(Nc3ccnc(N4CCOCC4)n3)C2)cc1. The molecule has 0 spiro atoms. The van der Waals surface area contributed by atoms with Gasteiger partial charge in [0, 0.05) is 43.4 Å². The molecule has 2 fully saturated rings. The minimum atomic E-state index is 0.401. The first-order valence-corrected chi connectivity index (χ1v) is 10.0. The van der Waals surface area contributed by atoms with Gasteiger partial charge in [0.1, 0.15) is 5.82 Å². The molecule has 0 amide bonds. The Morgan fingerprint density at radius 2 is 1.93 bits per heavy atom. The molecule has 1 atom stereocenters. The van der Waals surface area contributed by atoms with Gasteiger partial charge in [0.15, 0.2) is 0 Å². The second-order valence-corrected chi connectivity index (χ2v) is 7.62. The summed E-state index contributed by atoms with van der Waals surface area (Å²) in [6, 6.07) is 10.5. The van der Waals surface area contributed by atoms with E-state index in [1.165, 1.54) is 12.0 Å². The van der Waals surface area contributed by atoms with Crippen molar-refractivity contribution in [1.29, 1.82) is 0 Å². The molecule has 3 heterocycles. The van der Waals surface area contributed by atoms with Gasteiger partial charge < -0.3 is 15.0 Å². The molecule has 144 valence electrons. The van der Waals surface area contributed by atoms with Crippen molar-refractivity contribution in [2.45, 2.75) is 25.4 Å². The summed E-state index contributed by atoms with van der Waals surface area (Å²) in [4.78, 5) is 13.8. The molecule has 2 aromatic rings. The maximum absolute atomic E-state index is 5.99. The van der Waals surface area contributed by atoms with Crippen molar-refractivity contribution in [2.75, 3.05) is 49.6 Å². The number of aromatic nitrogens is 2. The maximum atomic E-state index is 5.99. The minimum Gasteiger partial charge on any atom is -0.378 e. The van der Waals surface area contributed by atoms with Crippen LogP contribution in [0.3, 0.4) is 0 Å². The molecule has 4 rings (SSSR count). The normalized spacial score (nSPS) is 21.2. The van der Waals surface area contributed by atoms with Crippen molar-refractivity contribution < 1.29 is 4.74 Å². The van der Waals surface area contributed by atoms with Crippen LogP contribution in [0.15, 0.2) is 36.5 Å². The standard InChI is InChI=1S/C20H26ClN5O/c21-17-5-3-16(4-6-17)14-25-9-1-2-18(15-25)23-19-7-8-22-20(24-19)26-10-12-27-13-11-26/h3-8,18H,1-2,9-15H2,(H,22,23,24). The predicted molar refractivity (Wildman–Crippen MR) is 108 cm³/mol. The smallest absolute Gasteiger partial charge is 0.227 e. The zero-order valence-corrected chi connectivity index (χ0v) is 16.2. The number of hydrogen-bond donors (Lipinski definition) is 1. The van der Waals surface area contributed by atoms with E-state index in [0.717, 1.165) is 69.1 Å². The summed E-state index contributed by atoms with van der Waals surface area (Å²) in [5.74, 6) is 1.70. The molecule has 1 N–H and O–H groups in total. The first kappa shape index (κ1) is 18.5. The molecule has 7 heteroatoms. The topological polar surface area (TPSA) is 53.5 Å². The highest BCUT2D eigenvalue weighted by Gasteiger charge is 2.21. The van der Waals surface area contributed by atoms with Gasteiger partial charge in [-0.2, -0.15) is 4.98 Å². The Kier molecular flexibility index (Phi) is 6.07. The van der Waals surface area contributed by atoms with Gasteiger partial charge in [0.25, 0.3) is 0 Å². The number of ether oxygens (including phenoxy) is 1. The Morgan fingerprint density at radius 3 is 2.74 bits per heavy atom. The summed E-state index contributed by atoms with van der Waals surface area (Å²) in [7, 11) is 0. The molecule has 0 radical (unpaired) electrons. The van der Waals surface area contributed by atoms with E-state index < -0.39 is 0 Å². The highest BCUT2D eigenvalue weighted by molar-refractivity contribution is 6.30. The zero-order chi connectivity index (χ0) is 18.5. The average molecular weight is 388 g/mol. The van der Waals surface area contributed by atoms with Crippen LogP contribution in [0.2, 0.25) is 5.02 Å². The Hall–Kier alpha value is -1.89. The number of hydrogen-bond acceptors (Lipinski definition) is 6. The van der Waals surface area contributed by atoms with E-state index in [4.69, 9.17) is 21.3 Å². The van der Waals surface area contributed by atoms with Crippen molar-refractivity contribution in [2.24, 2.45) is 0 Å². The van der Waals surface area contributed by atoms with Crippen molar-refractivity contribution in [1.82, 2.24) is 14.9 Å². The zero-order valence-electron chi connectivity index (χ0n) is 15.5.